The summed E-state index contributed by atoms with van der Waals surface area (Å²) in [5, 5.41) is 22.2. The van der Waals surface area contributed by atoms with Gasteiger partial charge in [0, 0.05) is 24.4 Å². The first kappa shape index (κ1) is 19.5. The number of pyridine rings is 1. The van der Waals surface area contributed by atoms with Crippen LogP contribution in [0.5, 0.6) is 0 Å². The molecule has 0 spiro atoms. The lowest BCUT2D eigenvalue weighted by Gasteiger charge is -2.12. The van der Waals surface area contributed by atoms with E-state index in [4.69, 9.17) is 5.73 Å². The lowest BCUT2D eigenvalue weighted by molar-refractivity contribution is 0.100. The molecule has 11 heteroatoms. The van der Waals surface area contributed by atoms with Gasteiger partial charge in [-0.3, -0.25) is 9.20 Å². The summed E-state index contributed by atoms with van der Waals surface area (Å²) in [4.78, 5) is 24.4. The van der Waals surface area contributed by atoms with Gasteiger partial charge in [-0.1, -0.05) is 12.1 Å². The Morgan fingerprint density at radius 3 is 2.77 bits per heavy atom. The van der Waals surface area contributed by atoms with E-state index in [2.05, 4.69) is 20.3 Å². The Labute approximate surface area is 170 Å². The van der Waals surface area contributed by atoms with E-state index in [1.807, 2.05) is 0 Å². The fraction of sp³-hybridized carbons (Fsp3) is 0.0526. The van der Waals surface area contributed by atoms with Gasteiger partial charge in [-0.2, -0.15) is 0 Å². The lowest BCUT2D eigenvalue weighted by Crippen LogP contribution is -2.34. The average Bonchev–Trinajstić information content (AvgIpc) is 3.16. The van der Waals surface area contributed by atoms with E-state index in [-0.39, 0.29) is 29.5 Å². The maximum Gasteiger partial charge on any atom is 0.493 e. The third kappa shape index (κ3) is 3.71. The van der Waals surface area contributed by atoms with Crippen molar-refractivity contribution in [2.45, 2.75) is 6.54 Å². The monoisotopic (exact) mass is 406 g/mol. The van der Waals surface area contributed by atoms with Crippen molar-refractivity contribution in [1.82, 2.24) is 19.4 Å². The Morgan fingerprint density at radius 1 is 1.20 bits per heavy atom. The van der Waals surface area contributed by atoms with Crippen LogP contribution in [0.25, 0.3) is 17.2 Å². The van der Waals surface area contributed by atoms with Gasteiger partial charge in [-0.15, -0.1) is 0 Å². The van der Waals surface area contributed by atoms with E-state index < -0.39 is 13.0 Å². The van der Waals surface area contributed by atoms with Crippen LogP contribution in [0.1, 0.15) is 15.9 Å². The summed E-state index contributed by atoms with van der Waals surface area (Å²) in [6.45, 7) is 0.197. The van der Waals surface area contributed by atoms with Crippen molar-refractivity contribution in [3.05, 3.63) is 71.9 Å². The number of primary amides is 1. The molecule has 0 atom stereocenters. The number of nitrogens with one attached hydrogen (secondary N) is 1. The van der Waals surface area contributed by atoms with Crippen LogP contribution in [-0.2, 0) is 6.54 Å². The smallest absolute Gasteiger partial charge is 0.423 e. The highest BCUT2D eigenvalue weighted by atomic mass is 19.1. The highest BCUT2D eigenvalue weighted by molar-refractivity contribution is 6.60. The van der Waals surface area contributed by atoms with Gasteiger partial charge < -0.3 is 21.1 Å². The summed E-state index contributed by atoms with van der Waals surface area (Å²) in [7, 11) is -1.81. The zero-order chi connectivity index (χ0) is 21.3. The number of halogens is 1. The third-order valence-corrected chi connectivity index (χ3v) is 4.48. The second-order valence-corrected chi connectivity index (χ2v) is 6.48. The van der Waals surface area contributed by atoms with Crippen LogP contribution in [-0.4, -0.2) is 42.4 Å². The molecule has 4 aromatic rings. The van der Waals surface area contributed by atoms with Crippen molar-refractivity contribution in [2.75, 3.05) is 5.32 Å². The van der Waals surface area contributed by atoms with E-state index in [0.717, 1.165) is 0 Å². The van der Waals surface area contributed by atoms with Crippen molar-refractivity contribution in [3.63, 3.8) is 0 Å². The van der Waals surface area contributed by atoms with Gasteiger partial charge in [-0.25, -0.2) is 19.3 Å². The largest absolute Gasteiger partial charge is 0.493 e. The summed E-state index contributed by atoms with van der Waals surface area (Å²) < 4.78 is 15.0. The van der Waals surface area contributed by atoms with E-state index >= 15 is 0 Å². The molecule has 5 N–H and O–H groups in total. The Bertz CT molecular complexity index is 1250. The average molecular weight is 406 g/mol. The number of nitrogens with zero attached hydrogens (tertiary/aromatic N) is 4. The topological polar surface area (TPSA) is 139 Å². The minimum Gasteiger partial charge on any atom is -0.423 e. The van der Waals surface area contributed by atoms with Crippen molar-refractivity contribution in [2.24, 2.45) is 5.73 Å². The van der Waals surface area contributed by atoms with E-state index in [0.29, 0.717) is 22.5 Å². The molecule has 0 unspecified atom stereocenters. The van der Waals surface area contributed by atoms with Gasteiger partial charge in [0.05, 0.1) is 17.3 Å². The molecule has 0 aliphatic carbocycles. The molecule has 3 heterocycles. The number of nitrogens with two attached hydrogens (primary N) is 1. The summed E-state index contributed by atoms with van der Waals surface area (Å²) in [5.74, 6) is -0.302. The fourth-order valence-electron chi connectivity index (χ4n) is 3.06. The molecule has 30 heavy (non-hydrogen) atoms. The molecule has 0 saturated carbocycles. The van der Waals surface area contributed by atoms with Gasteiger partial charge in [0.15, 0.2) is 11.6 Å². The van der Waals surface area contributed by atoms with Gasteiger partial charge in [0.25, 0.3) is 5.91 Å². The summed E-state index contributed by atoms with van der Waals surface area (Å²) >= 11 is 0. The molecule has 0 saturated heterocycles. The normalized spacial score (nSPS) is 10.9. The summed E-state index contributed by atoms with van der Waals surface area (Å²) in [6.07, 6.45) is 4.43. The number of carbonyl (C=O) groups excluding carboxylic acids is 1. The maximum absolute atomic E-state index is 13.4. The zero-order valence-electron chi connectivity index (χ0n) is 15.5. The predicted octanol–water partition coefficient (Wildman–Crippen LogP) is 0.321. The number of imidazole rings is 1. The number of rotatable bonds is 6. The third-order valence-electron chi connectivity index (χ3n) is 4.48. The fourth-order valence-corrected chi connectivity index (χ4v) is 3.06. The molecule has 1 amide bonds. The van der Waals surface area contributed by atoms with E-state index in [1.54, 1.807) is 34.9 Å². The standard InChI is InChI=1S/C19H16BFN6O3/c21-12-4-1-3-11(7-12)8-23-17-14(20(29)30)9-24-18(26-17)19-25-10-15-13(16(22)28)5-2-6-27(15)19/h1-7,9-10,29-30H,8H2,(H2,22,28)(H,23,24,26). The number of hydrogen-bond acceptors (Lipinski definition) is 7. The molecule has 150 valence electrons. The van der Waals surface area contributed by atoms with Crippen LogP contribution in [0.15, 0.2) is 55.0 Å². The number of benzene rings is 1. The first-order valence-corrected chi connectivity index (χ1v) is 8.91. The van der Waals surface area contributed by atoms with Crippen LogP contribution in [0, 0.1) is 5.82 Å². The quantitative estimate of drug-likeness (QED) is 0.338. The first-order chi connectivity index (χ1) is 14.4. The van der Waals surface area contributed by atoms with Crippen molar-refractivity contribution in [3.8, 4) is 11.6 Å². The van der Waals surface area contributed by atoms with Gasteiger partial charge >= 0.3 is 7.12 Å². The number of amides is 1. The van der Waals surface area contributed by atoms with Crippen LogP contribution in [0.2, 0.25) is 0 Å². The number of hydrogen-bond donors (Lipinski definition) is 4. The van der Waals surface area contributed by atoms with Crippen LogP contribution < -0.4 is 16.5 Å². The molecule has 0 aliphatic heterocycles. The first-order valence-electron chi connectivity index (χ1n) is 8.91. The summed E-state index contributed by atoms with van der Waals surface area (Å²) in [6, 6.07) is 9.22. The van der Waals surface area contributed by atoms with Crippen molar-refractivity contribution >= 4 is 29.8 Å². The minimum atomic E-state index is -1.81. The van der Waals surface area contributed by atoms with Gasteiger partial charge in [0.1, 0.15) is 11.6 Å². The Hall–Kier alpha value is -3.83. The molecular formula is C19H16BFN6O3. The molecule has 0 aliphatic rings. The molecule has 0 bridgehead atoms. The lowest BCUT2D eigenvalue weighted by atomic mass is 9.81. The minimum absolute atomic E-state index is 0.0499. The van der Waals surface area contributed by atoms with Crippen LogP contribution >= 0.6 is 0 Å². The summed E-state index contributed by atoms with van der Waals surface area (Å²) in [5.41, 5.74) is 6.89. The molecule has 4 rings (SSSR count). The van der Waals surface area contributed by atoms with E-state index in [9.17, 15) is 19.2 Å². The van der Waals surface area contributed by atoms with Gasteiger partial charge in [0.2, 0.25) is 0 Å². The molecule has 3 aromatic heterocycles. The maximum atomic E-state index is 13.4. The highest BCUT2D eigenvalue weighted by Gasteiger charge is 2.21. The molecule has 9 nitrogen and oxygen atoms in total. The molecule has 0 radical (unpaired) electrons. The molecule has 1 aromatic carbocycles. The predicted molar refractivity (Wildman–Crippen MR) is 108 cm³/mol. The highest BCUT2D eigenvalue weighted by Crippen LogP contribution is 2.20. The number of carbonyl (C=O) groups is 1. The second kappa shape index (κ2) is 7.89. The second-order valence-electron chi connectivity index (χ2n) is 6.48. The number of fused-ring (bicyclic) bond motifs is 1. The number of anilines is 1. The zero-order valence-corrected chi connectivity index (χ0v) is 15.5. The Morgan fingerprint density at radius 2 is 2.03 bits per heavy atom. The SMILES string of the molecule is NC(=O)c1cccn2c(-c3ncc(B(O)O)c(NCc4cccc(F)c4)n3)ncc12. The van der Waals surface area contributed by atoms with Gasteiger partial charge in [-0.05, 0) is 29.8 Å². The van der Waals surface area contributed by atoms with Crippen LogP contribution in [0.4, 0.5) is 10.2 Å². The number of aromatic nitrogens is 4. The Kier molecular flexibility index (Phi) is 5.13. The molecule has 0 fully saturated rings. The van der Waals surface area contributed by atoms with E-state index in [1.165, 1.54) is 24.5 Å². The van der Waals surface area contributed by atoms with Crippen molar-refractivity contribution in [1.29, 1.82) is 0 Å². The molecular weight excluding hydrogens is 390 g/mol. The van der Waals surface area contributed by atoms with Crippen molar-refractivity contribution < 1.29 is 19.2 Å². The Balaban J connectivity index is 1.73. The van der Waals surface area contributed by atoms with Crippen LogP contribution in [0.3, 0.4) is 0 Å².